The second kappa shape index (κ2) is 7.45. The molecule has 0 aromatic heterocycles. The molecule has 3 rings (SSSR count). The van der Waals surface area contributed by atoms with E-state index in [0.29, 0.717) is 6.10 Å². The molecule has 0 saturated heterocycles. The summed E-state index contributed by atoms with van der Waals surface area (Å²) in [6.07, 6.45) is 8.62. The zero-order valence-corrected chi connectivity index (χ0v) is 15.5. The van der Waals surface area contributed by atoms with E-state index in [2.05, 4.69) is 38.1 Å². The minimum absolute atomic E-state index is 0.276. The molecule has 2 saturated carbocycles. The van der Waals surface area contributed by atoms with Crippen LogP contribution in [-0.4, -0.2) is 36.8 Å². The van der Waals surface area contributed by atoms with Gasteiger partial charge in [0.25, 0.3) is 0 Å². The Hall–Kier alpha value is -1.06. The minimum Gasteiger partial charge on any atom is -0.490 e. The lowest BCUT2D eigenvalue weighted by molar-refractivity contribution is -0.102. The van der Waals surface area contributed by atoms with E-state index in [1.807, 2.05) is 12.1 Å². The lowest BCUT2D eigenvalue weighted by atomic mass is 9.65. The van der Waals surface area contributed by atoms with Crippen LogP contribution in [0.15, 0.2) is 24.3 Å². The predicted molar refractivity (Wildman–Crippen MR) is 98.3 cm³/mol. The molecule has 3 atom stereocenters. The standard InChI is InChI=1S/C21H33NO2/c1-16-8-6-10-18(15-22(2)3)21(16,23)17-9-7-13-20(14-17)24-19-11-4-5-12-19/h7,9,13-14,16,18-19,23H,4-6,8,10-12,15H2,1-3H3. The summed E-state index contributed by atoms with van der Waals surface area (Å²) in [5.74, 6) is 1.48. The van der Waals surface area contributed by atoms with E-state index in [0.717, 1.165) is 43.5 Å². The number of nitrogens with zero attached hydrogens (tertiary/aromatic N) is 1. The number of ether oxygens (including phenoxy) is 1. The van der Waals surface area contributed by atoms with Crippen LogP contribution in [0.2, 0.25) is 0 Å². The highest BCUT2D eigenvalue weighted by atomic mass is 16.5. The van der Waals surface area contributed by atoms with Gasteiger partial charge in [0.1, 0.15) is 5.75 Å². The van der Waals surface area contributed by atoms with E-state index in [1.54, 1.807) is 0 Å². The maximum absolute atomic E-state index is 11.7. The molecule has 0 spiro atoms. The third-order valence-corrected chi connectivity index (χ3v) is 6.05. The number of rotatable bonds is 5. The summed E-state index contributed by atoms with van der Waals surface area (Å²) in [6, 6.07) is 8.28. The Kier molecular flexibility index (Phi) is 5.51. The van der Waals surface area contributed by atoms with E-state index in [-0.39, 0.29) is 11.8 Å². The number of hydrogen-bond acceptors (Lipinski definition) is 3. The fourth-order valence-electron chi connectivity index (χ4n) is 4.72. The lowest BCUT2D eigenvalue weighted by Crippen LogP contribution is -2.48. The van der Waals surface area contributed by atoms with Gasteiger partial charge in [0.2, 0.25) is 0 Å². The molecule has 1 N–H and O–H groups in total. The van der Waals surface area contributed by atoms with Crippen molar-refractivity contribution in [3.8, 4) is 5.75 Å². The summed E-state index contributed by atoms with van der Waals surface area (Å²) >= 11 is 0. The quantitative estimate of drug-likeness (QED) is 0.878. The highest BCUT2D eigenvalue weighted by Gasteiger charge is 2.45. The van der Waals surface area contributed by atoms with Gasteiger partial charge in [0.05, 0.1) is 11.7 Å². The van der Waals surface area contributed by atoms with Gasteiger partial charge in [-0.05, 0) is 76.2 Å². The van der Waals surface area contributed by atoms with Crippen LogP contribution in [0.3, 0.4) is 0 Å². The summed E-state index contributed by atoms with van der Waals surface area (Å²) in [7, 11) is 4.19. The molecule has 0 amide bonds. The molecular formula is C21H33NO2. The Balaban J connectivity index is 1.85. The van der Waals surface area contributed by atoms with Crippen LogP contribution >= 0.6 is 0 Å². The molecule has 0 bridgehead atoms. The molecule has 24 heavy (non-hydrogen) atoms. The summed E-state index contributed by atoms with van der Waals surface area (Å²) in [5.41, 5.74) is 0.287. The van der Waals surface area contributed by atoms with Crippen molar-refractivity contribution in [3.63, 3.8) is 0 Å². The summed E-state index contributed by atoms with van der Waals surface area (Å²) in [5, 5.41) is 11.7. The third-order valence-electron chi connectivity index (χ3n) is 6.05. The van der Waals surface area contributed by atoms with Crippen molar-refractivity contribution in [2.75, 3.05) is 20.6 Å². The first-order chi connectivity index (χ1) is 11.5. The molecule has 2 aliphatic carbocycles. The van der Waals surface area contributed by atoms with Crippen molar-refractivity contribution < 1.29 is 9.84 Å². The normalized spacial score (nSPS) is 31.5. The van der Waals surface area contributed by atoms with E-state index >= 15 is 0 Å². The molecule has 0 aliphatic heterocycles. The van der Waals surface area contributed by atoms with Crippen molar-refractivity contribution in [1.29, 1.82) is 0 Å². The van der Waals surface area contributed by atoms with Gasteiger partial charge in [-0.15, -0.1) is 0 Å². The van der Waals surface area contributed by atoms with Gasteiger partial charge in [0.15, 0.2) is 0 Å². The number of hydrogen-bond donors (Lipinski definition) is 1. The average Bonchev–Trinajstić information content (AvgIpc) is 3.05. The molecule has 1 aromatic carbocycles. The highest BCUT2D eigenvalue weighted by molar-refractivity contribution is 5.34. The molecule has 134 valence electrons. The molecule has 2 fully saturated rings. The van der Waals surface area contributed by atoms with Crippen molar-refractivity contribution in [2.45, 2.75) is 63.6 Å². The second-order valence-corrected chi connectivity index (χ2v) is 8.17. The first kappa shape index (κ1) is 17.8. The maximum atomic E-state index is 11.7. The molecule has 0 heterocycles. The summed E-state index contributed by atoms with van der Waals surface area (Å²) in [6.45, 7) is 3.13. The van der Waals surface area contributed by atoms with Crippen LogP contribution < -0.4 is 4.74 Å². The van der Waals surface area contributed by atoms with Gasteiger partial charge in [0, 0.05) is 12.5 Å². The largest absolute Gasteiger partial charge is 0.490 e. The highest BCUT2D eigenvalue weighted by Crippen LogP contribution is 2.46. The van der Waals surface area contributed by atoms with Gasteiger partial charge in [-0.25, -0.2) is 0 Å². The molecule has 3 unspecified atom stereocenters. The zero-order chi connectivity index (χ0) is 17.2. The Labute approximate surface area is 147 Å². The Morgan fingerprint density at radius 2 is 1.88 bits per heavy atom. The van der Waals surface area contributed by atoms with Gasteiger partial charge >= 0.3 is 0 Å². The number of benzene rings is 1. The van der Waals surface area contributed by atoms with Crippen LogP contribution in [0.25, 0.3) is 0 Å². The van der Waals surface area contributed by atoms with E-state index in [1.165, 1.54) is 19.3 Å². The van der Waals surface area contributed by atoms with E-state index in [4.69, 9.17) is 4.74 Å². The van der Waals surface area contributed by atoms with Crippen LogP contribution in [0.1, 0.15) is 57.4 Å². The monoisotopic (exact) mass is 331 g/mol. The van der Waals surface area contributed by atoms with Crippen molar-refractivity contribution >= 4 is 0 Å². The van der Waals surface area contributed by atoms with Crippen LogP contribution in [0, 0.1) is 11.8 Å². The third kappa shape index (κ3) is 3.62. The Bertz CT molecular complexity index is 538. The number of aliphatic hydroxyl groups is 1. The van der Waals surface area contributed by atoms with Crippen LogP contribution in [0.5, 0.6) is 5.75 Å². The smallest absolute Gasteiger partial charge is 0.120 e. The summed E-state index contributed by atoms with van der Waals surface area (Å²) < 4.78 is 6.18. The maximum Gasteiger partial charge on any atom is 0.120 e. The Morgan fingerprint density at radius 1 is 1.12 bits per heavy atom. The van der Waals surface area contributed by atoms with E-state index < -0.39 is 5.60 Å². The molecule has 2 aliphatic rings. The Morgan fingerprint density at radius 3 is 2.58 bits per heavy atom. The first-order valence-corrected chi connectivity index (χ1v) is 9.64. The molecular weight excluding hydrogens is 298 g/mol. The van der Waals surface area contributed by atoms with Gasteiger partial charge in [-0.2, -0.15) is 0 Å². The minimum atomic E-state index is -0.752. The van der Waals surface area contributed by atoms with E-state index in [9.17, 15) is 5.11 Å². The fourth-order valence-corrected chi connectivity index (χ4v) is 4.72. The fraction of sp³-hybridized carbons (Fsp3) is 0.714. The van der Waals surface area contributed by atoms with Crippen molar-refractivity contribution in [2.24, 2.45) is 11.8 Å². The van der Waals surface area contributed by atoms with Crippen LogP contribution in [-0.2, 0) is 5.60 Å². The SMILES string of the molecule is CC1CCCC(CN(C)C)C1(O)c1cccc(OC2CCCC2)c1. The topological polar surface area (TPSA) is 32.7 Å². The molecule has 1 aromatic rings. The molecule has 3 nitrogen and oxygen atoms in total. The predicted octanol–water partition coefficient (Wildman–Crippen LogP) is 4.19. The van der Waals surface area contributed by atoms with Crippen molar-refractivity contribution in [1.82, 2.24) is 4.90 Å². The zero-order valence-electron chi connectivity index (χ0n) is 15.5. The summed E-state index contributed by atoms with van der Waals surface area (Å²) in [4.78, 5) is 2.20. The first-order valence-electron chi connectivity index (χ1n) is 9.64. The average molecular weight is 332 g/mol. The molecule has 3 heteroatoms. The second-order valence-electron chi connectivity index (χ2n) is 8.17. The molecule has 0 radical (unpaired) electrons. The van der Waals surface area contributed by atoms with Gasteiger partial charge < -0.3 is 14.7 Å². The van der Waals surface area contributed by atoms with Crippen molar-refractivity contribution in [3.05, 3.63) is 29.8 Å². The van der Waals surface area contributed by atoms with Crippen LogP contribution in [0.4, 0.5) is 0 Å². The van der Waals surface area contributed by atoms with Gasteiger partial charge in [-0.1, -0.05) is 25.5 Å². The lowest BCUT2D eigenvalue weighted by Gasteiger charge is -2.46. The van der Waals surface area contributed by atoms with Gasteiger partial charge in [-0.3, -0.25) is 0 Å².